The van der Waals surface area contributed by atoms with Gasteiger partial charge in [0.05, 0.1) is 0 Å². The lowest BCUT2D eigenvalue weighted by atomic mass is 10.2. The number of guanidine groups is 1. The van der Waals surface area contributed by atoms with Crippen LogP contribution < -0.4 is 34.4 Å². The van der Waals surface area contributed by atoms with Gasteiger partial charge in [0, 0.05) is 13.1 Å². The van der Waals surface area contributed by atoms with Gasteiger partial charge < -0.3 is 44.6 Å². The molecule has 148 valence electrons. The molecule has 25 heavy (non-hydrogen) atoms. The minimum Gasteiger partial charge on any atom is -0.480 e. The van der Waals surface area contributed by atoms with Crippen LogP contribution >= 0.6 is 0 Å². The molecule has 0 fully saturated rings. The van der Waals surface area contributed by atoms with Crippen molar-refractivity contribution in [2.75, 3.05) is 13.1 Å². The smallest absolute Gasteiger partial charge is 0.321 e. The van der Waals surface area contributed by atoms with Gasteiger partial charge in [-0.15, -0.1) is 0 Å². The topological polar surface area (TPSA) is 304 Å². The van der Waals surface area contributed by atoms with Crippen LogP contribution in [0.25, 0.3) is 0 Å². The number of nitrogens with zero attached hydrogens (tertiary/aromatic N) is 1. The van der Waals surface area contributed by atoms with E-state index in [1.165, 1.54) is 0 Å². The molecule has 14 nitrogen and oxygen atoms in total. The highest BCUT2D eigenvalue weighted by molar-refractivity contribution is 7.95. The molecule has 16 N–H and O–H groups in total. The van der Waals surface area contributed by atoms with Crippen LogP contribution in [0.1, 0.15) is 12.8 Å². The Bertz CT molecular complexity index is 458. The molecule has 0 aromatic carbocycles. The number of hydrogen-bond donors (Lipinski definition) is 10. The number of carboxylic acid groups (broad SMARTS) is 2. The summed E-state index contributed by atoms with van der Waals surface area (Å²) >= 11 is -2.26. The Morgan fingerprint density at radius 3 is 1.68 bits per heavy atom. The Hall–Kier alpha value is -2.33. The second-order valence-electron chi connectivity index (χ2n) is 4.19. The number of rotatable bonds is 7. The standard InChI is InChI=1S/C6H14N4O2.C3H8N2O2.CH4N2O2S/c7-4(5(11)12)2-1-3-10-6(8)9;4-1-2(5)3(6)7;2-1(3)6(4)5/h4H,1-3,7H2,(H,11,12)(H4,8,9,10);2H,1,4-5H2,(H,6,7);(H3,2,3)(H,4,5). The summed E-state index contributed by atoms with van der Waals surface area (Å²) in [6.45, 7) is 0.415. The molecule has 0 amide bonds. The lowest BCUT2D eigenvalue weighted by Gasteiger charge is -2.03. The van der Waals surface area contributed by atoms with Gasteiger partial charge in [0.25, 0.3) is 0 Å². The number of carbonyl (C=O) groups is 2. The van der Waals surface area contributed by atoms with E-state index in [0.717, 1.165) is 0 Å². The highest BCUT2D eigenvalue weighted by Gasteiger charge is 2.09. The molecular formula is C10H26N8O6S. The summed E-state index contributed by atoms with van der Waals surface area (Å²) in [5.74, 6) is -2.04. The zero-order chi connectivity index (χ0) is 20.6. The Morgan fingerprint density at radius 2 is 1.48 bits per heavy atom. The van der Waals surface area contributed by atoms with Crippen LogP contribution in [-0.2, 0) is 20.7 Å². The Labute approximate surface area is 146 Å². The van der Waals surface area contributed by atoms with Crippen molar-refractivity contribution in [3.63, 3.8) is 0 Å². The summed E-state index contributed by atoms with van der Waals surface area (Å²) in [7, 11) is 0. The zero-order valence-corrected chi connectivity index (χ0v) is 14.2. The molecule has 3 unspecified atom stereocenters. The number of nitrogens with one attached hydrogen (secondary N) is 1. The van der Waals surface area contributed by atoms with E-state index in [-0.39, 0.29) is 12.5 Å². The van der Waals surface area contributed by atoms with Crippen molar-refractivity contribution in [2.45, 2.75) is 24.9 Å². The van der Waals surface area contributed by atoms with E-state index in [0.29, 0.717) is 19.4 Å². The fourth-order valence-electron chi connectivity index (χ4n) is 0.744. The maximum atomic E-state index is 10.2. The fraction of sp³-hybridized carbons (Fsp3) is 0.600. The van der Waals surface area contributed by atoms with Crippen LogP contribution in [0.5, 0.6) is 0 Å². The molecule has 0 bridgehead atoms. The Kier molecular flexibility index (Phi) is 18.2. The SMILES string of the molecule is N=C(N)S(=O)O.NC(N)=NCCCC(N)C(=O)O.NCC(N)C(=O)O. The van der Waals surface area contributed by atoms with Crippen molar-refractivity contribution < 1.29 is 28.6 Å². The first-order chi connectivity index (χ1) is 11.4. The van der Waals surface area contributed by atoms with Gasteiger partial charge in [-0.1, -0.05) is 0 Å². The third-order valence-electron chi connectivity index (χ3n) is 2.04. The molecule has 0 aromatic rings. The second-order valence-corrected chi connectivity index (χ2v) is 5.13. The quantitative estimate of drug-likeness (QED) is 0.0863. The lowest BCUT2D eigenvalue weighted by Crippen LogP contribution is -2.37. The van der Waals surface area contributed by atoms with Crippen LogP contribution in [0.3, 0.4) is 0 Å². The normalized spacial score (nSPS) is 12.8. The van der Waals surface area contributed by atoms with Gasteiger partial charge in [-0.25, -0.2) is 4.21 Å². The Morgan fingerprint density at radius 1 is 1.08 bits per heavy atom. The third-order valence-corrected chi connectivity index (χ3v) is 2.42. The van der Waals surface area contributed by atoms with Crippen LogP contribution in [0, 0.1) is 5.41 Å². The van der Waals surface area contributed by atoms with E-state index in [9.17, 15) is 13.8 Å². The molecule has 0 radical (unpaired) electrons. The fourth-order valence-corrected chi connectivity index (χ4v) is 0.744. The van der Waals surface area contributed by atoms with Gasteiger partial charge in [0.2, 0.25) is 16.2 Å². The predicted octanol–water partition coefficient (Wildman–Crippen LogP) is -4.09. The van der Waals surface area contributed by atoms with Gasteiger partial charge in [0.1, 0.15) is 12.1 Å². The molecule has 0 aromatic heterocycles. The molecule has 0 saturated heterocycles. The van der Waals surface area contributed by atoms with Gasteiger partial charge in [0.15, 0.2) is 5.96 Å². The van der Waals surface area contributed by atoms with E-state index >= 15 is 0 Å². The number of carboxylic acids is 2. The van der Waals surface area contributed by atoms with Crippen molar-refractivity contribution in [3.05, 3.63) is 0 Å². The van der Waals surface area contributed by atoms with Crippen molar-refractivity contribution in [1.29, 1.82) is 5.41 Å². The van der Waals surface area contributed by atoms with Crippen LogP contribution in [0.2, 0.25) is 0 Å². The molecular weight excluding hydrogens is 360 g/mol. The maximum Gasteiger partial charge on any atom is 0.321 e. The maximum absolute atomic E-state index is 10.2. The van der Waals surface area contributed by atoms with Crippen LogP contribution in [-0.4, -0.2) is 67.2 Å². The van der Waals surface area contributed by atoms with Gasteiger partial charge in [-0.3, -0.25) is 24.5 Å². The Balaban J connectivity index is -0.000000317. The van der Waals surface area contributed by atoms with Crippen molar-refractivity contribution >= 4 is 34.1 Å². The van der Waals surface area contributed by atoms with Crippen molar-refractivity contribution in [3.8, 4) is 0 Å². The summed E-state index contributed by atoms with van der Waals surface area (Å²) in [5.41, 5.74) is 29.5. The molecule has 0 spiro atoms. The molecule has 0 aliphatic rings. The minimum atomic E-state index is -2.26. The monoisotopic (exact) mass is 386 g/mol. The number of hydrogen-bond acceptors (Lipinski definition) is 8. The molecule has 0 aliphatic carbocycles. The van der Waals surface area contributed by atoms with Gasteiger partial charge in [-0.2, -0.15) is 0 Å². The highest BCUT2D eigenvalue weighted by Crippen LogP contribution is 1.94. The summed E-state index contributed by atoms with van der Waals surface area (Å²) in [6, 6.07) is -1.72. The first-order valence-electron chi connectivity index (χ1n) is 6.53. The average molecular weight is 386 g/mol. The first-order valence-corrected chi connectivity index (χ1v) is 7.64. The van der Waals surface area contributed by atoms with E-state index in [4.69, 9.17) is 48.8 Å². The summed E-state index contributed by atoms with van der Waals surface area (Å²) < 4.78 is 17.2. The van der Waals surface area contributed by atoms with E-state index in [2.05, 4.69) is 10.7 Å². The van der Waals surface area contributed by atoms with E-state index in [1.807, 2.05) is 0 Å². The molecule has 3 atom stereocenters. The third kappa shape index (κ3) is 24.1. The summed E-state index contributed by atoms with van der Waals surface area (Å²) in [6.07, 6.45) is 0.956. The zero-order valence-electron chi connectivity index (χ0n) is 13.4. The summed E-state index contributed by atoms with van der Waals surface area (Å²) in [5, 5.41) is 21.8. The van der Waals surface area contributed by atoms with Gasteiger partial charge in [-0.05, 0) is 12.8 Å². The average Bonchev–Trinajstić information content (AvgIpc) is 2.51. The number of aliphatic carboxylic acids is 2. The molecule has 0 aliphatic heterocycles. The molecule has 0 heterocycles. The molecule has 15 heteroatoms. The number of aliphatic imine (C=N–C) groups is 1. The molecule has 0 rings (SSSR count). The minimum absolute atomic E-state index is 0.00463. The van der Waals surface area contributed by atoms with Crippen LogP contribution in [0.15, 0.2) is 4.99 Å². The number of amidine groups is 1. The van der Waals surface area contributed by atoms with Gasteiger partial charge >= 0.3 is 11.9 Å². The number of nitrogens with two attached hydrogens (primary N) is 6. The second kappa shape index (κ2) is 16.5. The van der Waals surface area contributed by atoms with Crippen LogP contribution in [0.4, 0.5) is 0 Å². The lowest BCUT2D eigenvalue weighted by molar-refractivity contribution is -0.139. The molecule has 0 saturated carbocycles. The van der Waals surface area contributed by atoms with E-state index < -0.39 is 40.3 Å². The predicted molar refractivity (Wildman–Crippen MR) is 92.9 cm³/mol. The largest absolute Gasteiger partial charge is 0.480 e. The first kappa shape index (κ1) is 27.5. The highest BCUT2D eigenvalue weighted by atomic mass is 32.2. The van der Waals surface area contributed by atoms with Crippen molar-refractivity contribution in [1.82, 2.24) is 0 Å². The van der Waals surface area contributed by atoms with Crippen molar-refractivity contribution in [2.24, 2.45) is 39.4 Å². The summed E-state index contributed by atoms with van der Waals surface area (Å²) in [4.78, 5) is 23.6. The van der Waals surface area contributed by atoms with E-state index in [1.54, 1.807) is 0 Å².